The SMILES string of the molecule is C[C@@H](c1nc(-c2ccccc2)no1)N(C)Cc1cccc(Cl)c1Cl. The fourth-order valence-electron chi connectivity index (χ4n) is 2.37. The third kappa shape index (κ3) is 3.61. The smallest absolute Gasteiger partial charge is 0.244 e. The molecule has 0 N–H and O–H groups in total. The maximum atomic E-state index is 6.26. The first-order valence-electron chi connectivity index (χ1n) is 7.58. The van der Waals surface area contributed by atoms with Gasteiger partial charge in [-0.15, -0.1) is 0 Å². The van der Waals surface area contributed by atoms with E-state index in [0.29, 0.717) is 28.3 Å². The van der Waals surface area contributed by atoms with E-state index in [1.165, 1.54) is 0 Å². The molecule has 0 aliphatic rings. The van der Waals surface area contributed by atoms with Crippen molar-refractivity contribution in [2.45, 2.75) is 19.5 Å². The lowest BCUT2D eigenvalue weighted by molar-refractivity contribution is 0.203. The van der Waals surface area contributed by atoms with E-state index >= 15 is 0 Å². The van der Waals surface area contributed by atoms with Crippen LogP contribution in [-0.2, 0) is 6.54 Å². The van der Waals surface area contributed by atoms with Crippen molar-refractivity contribution < 1.29 is 4.52 Å². The van der Waals surface area contributed by atoms with Gasteiger partial charge in [0, 0.05) is 12.1 Å². The molecule has 0 aliphatic heterocycles. The van der Waals surface area contributed by atoms with Crippen molar-refractivity contribution in [3.63, 3.8) is 0 Å². The molecule has 0 spiro atoms. The van der Waals surface area contributed by atoms with Gasteiger partial charge in [-0.25, -0.2) is 0 Å². The number of hydrogen-bond donors (Lipinski definition) is 0. The molecule has 24 heavy (non-hydrogen) atoms. The Kier molecular flexibility index (Phi) is 5.19. The molecule has 3 rings (SSSR count). The average molecular weight is 362 g/mol. The van der Waals surface area contributed by atoms with Crippen LogP contribution in [0.5, 0.6) is 0 Å². The van der Waals surface area contributed by atoms with Gasteiger partial charge in [0.15, 0.2) is 0 Å². The largest absolute Gasteiger partial charge is 0.337 e. The van der Waals surface area contributed by atoms with E-state index in [4.69, 9.17) is 27.7 Å². The Morgan fingerprint density at radius 3 is 2.58 bits per heavy atom. The van der Waals surface area contributed by atoms with Gasteiger partial charge < -0.3 is 4.52 Å². The Balaban J connectivity index is 1.75. The Morgan fingerprint density at radius 1 is 1.08 bits per heavy atom. The number of benzene rings is 2. The van der Waals surface area contributed by atoms with Gasteiger partial charge in [-0.2, -0.15) is 4.98 Å². The molecule has 0 fully saturated rings. The fourth-order valence-corrected chi connectivity index (χ4v) is 2.75. The first-order valence-corrected chi connectivity index (χ1v) is 8.34. The molecule has 3 aromatic rings. The first-order chi connectivity index (χ1) is 11.6. The summed E-state index contributed by atoms with van der Waals surface area (Å²) in [7, 11) is 1.98. The summed E-state index contributed by atoms with van der Waals surface area (Å²) in [5.41, 5.74) is 1.89. The second-order valence-corrected chi connectivity index (χ2v) is 6.41. The molecule has 0 bridgehead atoms. The van der Waals surface area contributed by atoms with E-state index in [1.54, 1.807) is 6.07 Å². The summed E-state index contributed by atoms with van der Waals surface area (Å²) in [5, 5.41) is 5.20. The summed E-state index contributed by atoms with van der Waals surface area (Å²) >= 11 is 12.3. The van der Waals surface area contributed by atoms with E-state index in [9.17, 15) is 0 Å². The maximum absolute atomic E-state index is 6.26. The van der Waals surface area contributed by atoms with Gasteiger partial charge in [0.05, 0.1) is 16.1 Å². The molecular weight excluding hydrogens is 345 g/mol. The van der Waals surface area contributed by atoms with Crippen LogP contribution in [0.2, 0.25) is 10.0 Å². The van der Waals surface area contributed by atoms with Crippen molar-refractivity contribution in [2.24, 2.45) is 0 Å². The molecule has 4 nitrogen and oxygen atoms in total. The average Bonchev–Trinajstić information content (AvgIpc) is 3.09. The summed E-state index contributed by atoms with van der Waals surface area (Å²) in [5.74, 6) is 1.15. The van der Waals surface area contributed by atoms with Crippen LogP contribution in [0.25, 0.3) is 11.4 Å². The highest BCUT2D eigenvalue weighted by molar-refractivity contribution is 6.42. The van der Waals surface area contributed by atoms with Gasteiger partial charge in [-0.3, -0.25) is 4.90 Å². The molecule has 0 unspecified atom stereocenters. The molecule has 0 radical (unpaired) electrons. The van der Waals surface area contributed by atoms with Gasteiger partial charge in [0.25, 0.3) is 0 Å². The normalized spacial score (nSPS) is 12.5. The summed E-state index contributed by atoms with van der Waals surface area (Å²) < 4.78 is 5.43. The van der Waals surface area contributed by atoms with Crippen LogP contribution in [-0.4, -0.2) is 22.1 Å². The van der Waals surface area contributed by atoms with Crippen LogP contribution in [0.3, 0.4) is 0 Å². The topological polar surface area (TPSA) is 42.2 Å². The molecule has 0 saturated heterocycles. The van der Waals surface area contributed by atoms with E-state index in [1.807, 2.05) is 56.4 Å². The minimum atomic E-state index is -0.0509. The Labute approximate surface area is 151 Å². The van der Waals surface area contributed by atoms with Gasteiger partial charge in [0.1, 0.15) is 0 Å². The number of hydrogen-bond acceptors (Lipinski definition) is 4. The second kappa shape index (κ2) is 7.34. The molecule has 0 saturated carbocycles. The van der Waals surface area contributed by atoms with Gasteiger partial charge in [-0.1, -0.05) is 70.8 Å². The molecular formula is C18H17Cl2N3O. The lowest BCUT2D eigenvalue weighted by Crippen LogP contribution is -2.22. The molecule has 6 heteroatoms. The van der Waals surface area contributed by atoms with Crippen LogP contribution >= 0.6 is 23.2 Å². The quantitative estimate of drug-likeness (QED) is 0.623. The summed E-state index contributed by atoms with van der Waals surface area (Å²) in [4.78, 5) is 6.59. The van der Waals surface area contributed by atoms with Gasteiger partial charge in [-0.05, 0) is 25.6 Å². The third-order valence-corrected chi connectivity index (χ3v) is 4.80. The van der Waals surface area contributed by atoms with E-state index in [2.05, 4.69) is 15.0 Å². The predicted molar refractivity (Wildman–Crippen MR) is 96.1 cm³/mol. The van der Waals surface area contributed by atoms with E-state index in [0.717, 1.165) is 11.1 Å². The van der Waals surface area contributed by atoms with Crippen molar-refractivity contribution in [1.29, 1.82) is 0 Å². The Morgan fingerprint density at radius 2 is 1.83 bits per heavy atom. The summed E-state index contributed by atoms with van der Waals surface area (Å²) in [6.07, 6.45) is 0. The highest BCUT2D eigenvalue weighted by Gasteiger charge is 2.20. The van der Waals surface area contributed by atoms with Crippen molar-refractivity contribution >= 4 is 23.2 Å². The van der Waals surface area contributed by atoms with Crippen LogP contribution in [0.4, 0.5) is 0 Å². The standard InChI is InChI=1S/C18H17Cl2N3O/c1-12(23(2)11-14-9-6-10-15(19)16(14)20)18-21-17(22-24-18)13-7-4-3-5-8-13/h3-10,12H,11H2,1-2H3/t12-/m0/s1. The van der Waals surface area contributed by atoms with Crippen LogP contribution in [0.15, 0.2) is 53.1 Å². The van der Waals surface area contributed by atoms with Crippen molar-refractivity contribution in [3.8, 4) is 11.4 Å². The number of aromatic nitrogens is 2. The first kappa shape index (κ1) is 17.0. The van der Waals surface area contributed by atoms with Crippen molar-refractivity contribution in [2.75, 3.05) is 7.05 Å². The zero-order valence-electron chi connectivity index (χ0n) is 13.4. The number of halogens is 2. The van der Waals surface area contributed by atoms with Crippen molar-refractivity contribution in [3.05, 3.63) is 70.0 Å². The van der Waals surface area contributed by atoms with Crippen LogP contribution in [0, 0.1) is 0 Å². The highest BCUT2D eigenvalue weighted by Crippen LogP contribution is 2.28. The van der Waals surface area contributed by atoms with Crippen LogP contribution in [0.1, 0.15) is 24.4 Å². The molecule has 2 aromatic carbocycles. The summed E-state index contributed by atoms with van der Waals surface area (Å²) in [6, 6.07) is 15.3. The zero-order valence-corrected chi connectivity index (χ0v) is 14.9. The maximum Gasteiger partial charge on any atom is 0.244 e. The lowest BCUT2D eigenvalue weighted by atomic mass is 10.2. The van der Waals surface area contributed by atoms with E-state index < -0.39 is 0 Å². The zero-order chi connectivity index (χ0) is 17.1. The Hall–Kier alpha value is -1.88. The second-order valence-electron chi connectivity index (χ2n) is 5.63. The van der Waals surface area contributed by atoms with E-state index in [-0.39, 0.29) is 6.04 Å². The highest BCUT2D eigenvalue weighted by atomic mass is 35.5. The van der Waals surface area contributed by atoms with Gasteiger partial charge in [0.2, 0.25) is 11.7 Å². The number of rotatable bonds is 5. The number of nitrogens with zero attached hydrogens (tertiary/aromatic N) is 3. The minimum absolute atomic E-state index is 0.0509. The summed E-state index contributed by atoms with van der Waals surface area (Å²) in [6.45, 7) is 2.64. The fraction of sp³-hybridized carbons (Fsp3) is 0.222. The van der Waals surface area contributed by atoms with Crippen LogP contribution < -0.4 is 0 Å². The monoisotopic (exact) mass is 361 g/mol. The minimum Gasteiger partial charge on any atom is -0.337 e. The van der Waals surface area contributed by atoms with Crippen molar-refractivity contribution in [1.82, 2.24) is 15.0 Å². The molecule has 124 valence electrons. The predicted octanol–water partition coefficient (Wildman–Crippen LogP) is 5.24. The molecule has 0 aliphatic carbocycles. The molecule has 0 amide bonds. The molecule has 1 heterocycles. The Bertz CT molecular complexity index is 820. The molecule has 1 aromatic heterocycles. The lowest BCUT2D eigenvalue weighted by Gasteiger charge is -2.22. The van der Waals surface area contributed by atoms with Gasteiger partial charge >= 0.3 is 0 Å². The third-order valence-electron chi connectivity index (χ3n) is 3.94. The molecule has 1 atom stereocenters.